The molecule has 0 saturated heterocycles. The number of aromatic nitrogens is 3. The molecule has 100 valence electrons. The minimum absolute atomic E-state index is 0.172. The molecule has 0 bridgehead atoms. The Morgan fingerprint density at radius 2 is 1.90 bits per heavy atom. The Kier molecular flexibility index (Phi) is 3.56. The van der Waals surface area contributed by atoms with Crippen molar-refractivity contribution < 1.29 is 5.11 Å². The molecule has 0 saturated carbocycles. The molecule has 0 aliphatic carbocycles. The molecule has 3 aromatic rings. The molecule has 0 aliphatic heterocycles. The molecule has 4 nitrogen and oxygen atoms in total. The number of aliphatic hydroxyl groups excluding tert-OH is 1. The first kappa shape index (κ1) is 12.6. The molecule has 0 fully saturated rings. The third-order valence-corrected chi connectivity index (χ3v) is 3.18. The molecule has 0 spiro atoms. The summed E-state index contributed by atoms with van der Waals surface area (Å²) in [5, 5.41) is 8.94. The maximum Gasteiger partial charge on any atom is 0.146 e. The Morgan fingerprint density at radius 3 is 2.60 bits per heavy atom. The minimum Gasteiger partial charge on any atom is -0.396 e. The molecule has 1 aromatic carbocycles. The zero-order chi connectivity index (χ0) is 13.8. The number of benzene rings is 1. The predicted octanol–water partition coefficient (Wildman–Crippen LogP) is 2.47. The van der Waals surface area contributed by atoms with E-state index in [1.165, 1.54) is 0 Å². The minimum atomic E-state index is 0.172. The maximum absolute atomic E-state index is 8.94. The zero-order valence-corrected chi connectivity index (χ0v) is 11.0. The van der Waals surface area contributed by atoms with Crippen molar-refractivity contribution in [1.29, 1.82) is 0 Å². The number of rotatable bonds is 4. The largest absolute Gasteiger partial charge is 0.396 e. The third-order valence-electron chi connectivity index (χ3n) is 3.18. The van der Waals surface area contributed by atoms with Gasteiger partial charge in [0.2, 0.25) is 0 Å². The molecule has 0 unspecified atom stereocenters. The summed E-state index contributed by atoms with van der Waals surface area (Å²) in [7, 11) is 0. The van der Waals surface area contributed by atoms with Gasteiger partial charge in [0.05, 0.1) is 0 Å². The fourth-order valence-electron chi connectivity index (χ4n) is 2.17. The van der Waals surface area contributed by atoms with E-state index in [1.54, 1.807) is 18.6 Å². The summed E-state index contributed by atoms with van der Waals surface area (Å²) in [4.78, 5) is 8.54. The summed E-state index contributed by atoms with van der Waals surface area (Å²) >= 11 is 0. The fraction of sp³-hybridized carbons (Fsp3) is 0.125. The lowest BCUT2D eigenvalue weighted by atomic mass is 10.1. The summed E-state index contributed by atoms with van der Waals surface area (Å²) in [5.74, 6) is 0.869. The first-order chi connectivity index (χ1) is 9.88. The highest BCUT2D eigenvalue weighted by molar-refractivity contribution is 5.57. The van der Waals surface area contributed by atoms with Crippen LogP contribution in [0.1, 0.15) is 5.56 Å². The van der Waals surface area contributed by atoms with Crippen LogP contribution in [-0.4, -0.2) is 26.2 Å². The van der Waals surface area contributed by atoms with Crippen molar-refractivity contribution in [2.24, 2.45) is 0 Å². The summed E-state index contributed by atoms with van der Waals surface area (Å²) < 4.78 is 2.03. The molecule has 0 aliphatic rings. The van der Waals surface area contributed by atoms with Gasteiger partial charge in [-0.15, -0.1) is 0 Å². The molecule has 0 radical (unpaired) electrons. The predicted molar refractivity (Wildman–Crippen MR) is 77.6 cm³/mol. The number of imidazole rings is 1. The van der Waals surface area contributed by atoms with E-state index in [1.807, 2.05) is 47.2 Å². The Labute approximate surface area is 117 Å². The maximum atomic E-state index is 8.94. The number of hydrogen-bond donors (Lipinski definition) is 1. The number of aliphatic hydroxyl groups is 1. The van der Waals surface area contributed by atoms with E-state index in [4.69, 9.17) is 5.11 Å². The van der Waals surface area contributed by atoms with Crippen LogP contribution in [0, 0.1) is 0 Å². The van der Waals surface area contributed by atoms with Gasteiger partial charge < -0.3 is 5.11 Å². The highest BCUT2D eigenvalue weighted by Crippen LogP contribution is 2.20. The Hall–Kier alpha value is -2.46. The Balaban J connectivity index is 1.97. The van der Waals surface area contributed by atoms with Crippen molar-refractivity contribution in [2.45, 2.75) is 6.42 Å². The fourth-order valence-corrected chi connectivity index (χ4v) is 2.17. The van der Waals surface area contributed by atoms with Gasteiger partial charge in [-0.3, -0.25) is 9.55 Å². The van der Waals surface area contributed by atoms with Crippen LogP contribution in [0.3, 0.4) is 0 Å². The van der Waals surface area contributed by atoms with Crippen molar-refractivity contribution in [3.8, 4) is 17.1 Å². The first-order valence-corrected chi connectivity index (χ1v) is 6.52. The van der Waals surface area contributed by atoms with Crippen LogP contribution >= 0.6 is 0 Å². The number of hydrogen-bond acceptors (Lipinski definition) is 3. The molecule has 1 N–H and O–H groups in total. The van der Waals surface area contributed by atoms with E-state index >= 15 is 0 Å². The van der Waals surface area contributed by atoms with Gasteiger partial charge in [-0.2, -0.15) is 0 Å². The van der Waals surface area contributed by atoms with Gasteiger partial charge in [-0.05, 0) is 36.2 Å². The second-order valence-electron chi connectivity index (χ2n) is 4.50. The van der Waals surface area contributed by atoms with Crippen molar-refractivity contribution in [3.05, 3.63) is 66.7 Å². The van der Waals surface area contributed by atoms with Crippen LogP contribution in [0.5, 0.6) is 0 Å². The molecule has 20 heavy (non-hydrogen) atoms. The van der Waals surface area contributed by atoms with E-state index in [2.05, 4.69) is 9.97 Å². The second-order valence-corrected chi connectivity index (χ2v) is 4.50. The summed E-state index contributed by atoms with van der Waals surface area (Å²) in [6, 6.07) is 12.0. The number of pyridine rings is 1. The van der Waals surface area contributed by atoms with Crippen LogP contribution in [0.25, 0.3) is 17.1 Å². The lowest BCUT2D eigenvalue weighted by Crippen LogP contribution is -1.97. The highest BCUT2D eigenvalue weighted by atomic mass is 16.2. The van der Waals surface area contributed by atoms with E-state index in [-0.39, 0.29) is 6.61 Å². The van der Waals surface area contributed by atoms with E-state index in [0.717, 1.165) is 22.6 Å². The number of nitrogens with zero attached hydrogens (tertiary/aromatic N) is 3. The Morgan fingerprint density at radius 1 is 1.05 bits per heavy atom. The molecule has 0 atom stereocenters. The van der Waals surface area contributed by atoms with Gasteiger partial charge in [-0.1, -0.05) is 12.1 Å². The molecule has 0 amide bonds. The van der Waals surface area contributed by atoms with Gasteiger partial charge in [0.25, 0.3) is 0 Å². The summed E-state index contributed by atoms with van der Waals surface area (Å²) in [5.41, 5.74) is 3.15. The lowest BCUT2D eigenvalue weighted by molar-refractivity contribution is 0.299. The van der Waals surface area contributed by atoms with Crippen molar-refractivity contribution in [2.75, 3.05) is 6.61 Å². The van der Waals surface area contributed by atoms with Crippen molar-refractivity contribution >= 4 is 0 Å². The van der Waals surface area contributed by atoms with Gasteiger partial charge in [-0.25, -0.2) is 4.98 Å². The lowest BCUT2D eigenvalue weighted by Gasteiger charge is -2.08. The molecule has 2 aromatic heterocycles. The summed E-state index contributed by atoms with van der Waals surface area (Å²) in [6.45, 7) is 0.172. The van der Waals surface area contributed by atoms with Gasteiger partial charge >= 0.3 is 0 Å². The van der Waals surface area contributed by atoms with E-state index in [0.29, 0.717) is 6.42 Å². The van der Waals surface area contributed by atoms with Crippen molar-refractivity contribution in [1.82, 2.24) is 14.5 Å². The Bertz CT molecular complexity index is 674. The SMILES string of the molecule is OCCc1ccc(-n2ccnc2-c2cccnc2)cc1. The van der Waals surface area contributed by atoms with Crippen molar-refractivity contribution in [3.63, 3.8) is 0 Å². The monoisotopic (exact) mass is 265 g/mol. The molecule has 3 rings (SSSR count). The van der Waals surface area contributed by atoms with Gasteiger partial charge in [0.15, 0.2) is 0 Å². The quantitative estimate of drug-likeness (QED) is 0.788. The molecule has 4 heteroatoms. The average molecular weight is 265 g/mol. The van der Waals surface area contributed by atoms with Gasteiger partial charge in [0.1, 0.15) is 5.82 Å². The zero-order valence-electron chi connectivity index (χ0n) is 11.0. The average Bonchev–Trinajstić information content (AvgIpc) is 2.99. The standard InChI is InChI=1S/C16H15N3O/c20-11-7-13-3-5-15(6-4-13)19-10-9-18-16(19)14-2-1-8-17-12-14/h1-6,8-10,12,20H,7,11H2. The third kappa shape index (κ3) is 2.46. The molecular formula is C16H15N3O. The van der Waals surface area contributed by atoms with Gasteiger partial charge in [0, 0.05) is 42.6 Å². The smallest absolute Gasteiger partial charge is 0.146 e. The molecule has 2 heterocycles. The molecular weight excluding hydrogens is 250 g/mol. The normalized spacial score (nSPS) is 10.7. The van der Waals surface area contributed by atoms with E-state index < -0.39 is 0 Å². The summed E-state index contributed by atoms with van der Waals surface area (Å²) in [6.07, 6.45) is 7.95. The van der Waals surface area contributed by atoms with Crippen LogP contribution in [-0.2, 0) is 6.42 Å². The van der Waals surface area contributed by atoms with Crippen LogP contribution in [0.2, 0.25) is 0 Å². The second kappa shape index (κ2) is 5.67. The highest BCUT2D eigenvalue weighted by Gasteiger charge is 2.07. The topological polar surface area (TPSA) is 50.9 Å². The van der Waals surface area contributed by atoms with Crippen LogP contribution < -0.4 is 0 Å². The van der Waals surface area contributed by atoms with E-state index in [9.17, 15) is 0 Å². The van der Waals surface area contributed by atoms with Crippen LogP contribution in [0.15, 0.2) is 61.2 Å². The first-order valence-electron chi connectivity index (χ1n) is 6.52. The van der Waals surface area contributed by atoms with Crippen LogP contribution in [0.4, 0.5) is 0 Å².